The molecule has 0 heterocycles. The summed E-state index contributed by atoms with van der Waals surface area (Å²) in [6, 6.07) is 13.9. The molecule has 0 aliphatic heterocycles. The second-order valence-corrected chi connectivity index (χ2v) is 10.6. The van der Waals surface area contributed by atoms with E-state index >= 15 is 0 Å². The molecule has 3 rings (SSSR count). The number of aliphatic carboxylic acids is 1. The van der Waals surface area contributed by atoms with Crippen molar-refractivity contribution < 1.29 is 18.3 Å². The lowest BCUT2D eigenvalue weighted by atomic mass is 9.95. The molecule has 0 aliphatic rings. The fourth-order valence-corrected chi connectivity index (χ4v) is 5.38. The van der Waals surface area contributed by atoms with Crippen molar-refractivity contribution in [2.24, 2.45) is 0 Å². The van der Waals surface area contributed by atoms with Crippen LogP contribution in [-0.2, 0) is 21.4 Å². The molecule has 3 aromatic carbocycles. The molecule has 0 spiro atoms. The molecular formula is C26H29ClN2O4S. The molecule has 6 nitrogen and oxygen atoms in total. The Kier molecular flexibility index (Phi) is 7.70. The Labute approximate surface area is 206 Å². The van der Waals surface area contributed by atoms with E-state index in [1.165, 1.54) is 0 Å². The number of benzene rings is 3. The number of carboxylic acid groups (broad SMARTS) is 1. The third-order valence-corrected chi connectivity index (χ3v) is 7.78. The first-order valence-corrected chi connectivity index (χ1v) is 12.7. The first kappa shape index (κ1) is 25.7. The Balaban J connectivity index is 1.88. The van der Waals surface area contributed by atoms with Crippen LogP contribution in [0.4, 0.5) is 5.69 Å². The summed E-state index contributed by atoms with van der Waals surface area (Å²) in [4.78, 5) is 11.3. The predicted octanol–water partition coefficient (Wildman–Crippen LogP) is 5.60. The van der Waals surface area contributed by atoms with E-state index in [1.54, 1.807) is 45.0 Å². The Hall–Kier alpha value is -2.87. The highest BCUT2D eigenvalue weighted by Gasteiger charge is 2.19. The molecule has 0 aliphatic carbocycles. The monoisotopic (exact) mass is 500 g/mol. The smallest absolute Gasteiger partial charge is 0.320 e. The van der Waals surface area contributed by atoms with Gasteiger partial charge in [-0.05, 0) is 97.8 Å². The minimum atomic E-state index is -3.79. The normalized spacial score (nSPS) is 12.4. The molecule has 0 fully saturated rings. The number of anilines is 1. The molecule has 0 saturated carbocycles. The van der Waals surface area contributed by atoms with E-state index in [9.17, 15) is 13.2 Å². The second kappa shape index (κ2) is 10.2. The highest BCUT2D eigenvalue weighted by molar-refractivity contribution is 7.92. The molecule has 0 aromatic heterocycles. The van der Waals surface area contributed by atoms with Crippen LogP contribution in [0.1, 0.15) is 34.7 Å². The molecule has 0 saturated heterocycles. The van der Waals surface area contributed by atoms with Crippen LogP contribution in [0.15, 0.2) is 53.4 Å². The first-order valence-electron chi connectivity index (χ1n) is 10.9. The lowest BCUT2D eigenvalue weighted by molar-refractivity contribution is -0.139. The molecule has 0 unspecified atom stereocenters. The quantitative estimate of drug-likeness (QED) is 0.374. The number of aryl methyl sites for hydroxylation is 4. The molecule has 180 valence electrons. The number of halogens is 1. The molecule has 34 heavy (non-hydrogen) atoms. The van der Waals surface area contributed by atoms with Gasteiger partial charge in [0.15, 0.2) is 0 Å². The van der Waals surface area contributed by atoms with Crippen LogP contribution in [0.2, 0.25) is 5.02 Å². The van der Waals surface area contributed by atoms with Crippen molar-refractivity contribution in [2.75, 3.05) is 4.72 Å². The molecule has 1 atom stereocenters. The number of carboxylic acids is 1. The lowest BCUT2D eigenvalue weighted by Gasteiger charge is -2.16. The Morgan fingerprint density at radius 2 is 1.59 bits per heavy atom. The van der Waals surface area contributed by atoms with Crippen LogP contribution in [0.5, 0.6) is 0 Å². The van der Waals surface area contributed by atoms with E-state index < -0.39 is 22.0 Å². The highest BCUT2D eigenvalue weighted by Crippen LogP contribution is 2.29. The Morgan fingerprint density at radius 3 is 2.21 bits per heavy atom. The van der Waals surface area contributed by atoms with E-state index in [1.807, 2.05) is 38.1 Å². The molecule has 3 N–H and O–H groups in total. The lowest BCUT2D eigenvalue weighted by Crippen LogP contribution is -2.33. The second-order valence-electron chi connectivity index (χ2n) is 8.58. The van der Waals surface area contributed by atoms with Crippen LogP contribution < -0.4 is 10.0 Å². The number of hydrogen-bond donors (Lipinski definition) is 3. The SMILES string of the molecule is Cc1cc(S(=O)(=O)Nc2cccc(-c3cc(C)c(CN[C@@H](C)C(=O)O)c(C)c3)c2)c(C)cc1Cl. The number of nitrogens with one attached hydrogen (secondary N) is 2. The molecule has 3 aromatic rings. The van der Waals surface area contributed by atoms with Gasteiger partial charge < -0.3 is 10.4 Å². The van der Waals surface area contributed by atoms with E-state index in [0.29, 0.717) is 28.4 Å². The summed E-state index contributed by atoms with van der Waals surface area (Å²) in [5.41, 5.74) is 6.64. The molecule has 0 bridgehead atoms. The van der Waals surface area contributed by atoms with E-state index in [2.05, 4.69) is 10.0 Å². The standard InChI is InChI=1S/C26H29ClN2O4S/c1-15-9-21(10-16(2)23(15)14-28-19(5)26(30)31)20-7-6-8-22(13-20)29-34(32,33)25-12-17(3)24(27)11-18(25)4/h6-13,19,28-29H,14H2,1-5H3,(H,30,31)/t19-/m0/s1. The summed E-state index contributed by atoms with van der Waals surface area (Å²) in [6.45, 7) is 9.52. The van der Waals surface area contributed by atoms with Gasteiger partial charge in [0.25, 0.3) is 10.0 Å². The summed E-state index contributed by atoms with van der Waals surface area (Å²) in [5.74, 6) is -0.893. The van der Waals surface area contributed by atoms with Gasteiger partial charge in [-0.2, -0.15) is 0 Å². The maximum Gasteiger partial charge on any atom is 0.320 e. The van der Waals surface area contributed by atoms with Gasteiger partial charge in [0.1, 0.15) is 6.04 Å². The zero-order valence-corrected chi connectivity index (χ0v) is 21.4. The van der Waals surface area contributed by atoms with Crippen molar-refractivity contribution >= 4 is 33.3 Å². The van der Waals surface area contributed by atoms with Gasteiger partial charge >= 0.3 is 5.97 Å². The number of rotatable bonds is 8. The largest absolute Gasteiger partial charge is 0.480 e. The van der Waals surface area contributed by atoms with E-state index in [0.717, 1.165) is 27.8 Å². The number of carbonyl (C=O) groups is 1. The topological polar surface area (TPSA) is 95.5 Å². The third-order valence-electron chi connectivity index (χ3n) is 5.85. The van der Waals surface area contributed by atoms with Gasteiger partial charge in [-0.25, -0.2) is 8.42 Å². The molecular weight excluding hydrogens is 472 g/mol. The summed E-state index contributed by atoms with van der Waals surface area (Å²) < 4.78 is 28.8. The number of hydrogen-bond acceptors (Lipinski definition) is 4. The third kappa shape index (κ3) is 5.78. The highest BCUT2D eigenvalue weighted by atomic mass is 35.5. The summed E-state index contributed by atoms with van der Waals surface area (Å²) in [6.07, 6.45) is 0. The van der Waals surface area contributed by atoms with Crippen molar-refractivity contribution in [3.63, 3.8) is 0 Å². The minimum Gasteiger partial charge on any atom is -0.480 e. The van der Waals surface area contributed by atoms with Gasteiger partial charge in [0, 0.05) is 17.3 Å². The van der Waals surface area contributed by atoms with Crippen LogP contribution in [0.3, 0.4) is 0 Å². The van der Waals surface area contributed by atoms with Gasteiger partial charge in [-0.1, -0.05) is 35.9 Å². The van der Waals surface area contributed by atoms with Crippen molar-refractivity contribution in [2.45, 2.75) is 52.1 Å². The van der Waals surface area contributed by atoms with Crippen molar-refractivity contribution in [1.82, 2.24) is 5.32 Å². The first-order chi connectivity index (χ1) is 15.9. The minimum absolute atomic E-state index is 0.193. The molecule has 0 radical (unpaired) electrons. The van der Waals surface area contributed by atoms with Gasteiger partial charge in [-0.3, -0.25) is 9.52 Å². The van der Waals surface area contributed by atoms with Crippen LogP contribution in [0.25, 0.3) is 11.1 Å². The maximum atomic E-state index is 13.1. The predicted molar refractivity (Wildman–Crippen MR) is 137 cm³/mol. The summed E-state index contributed by atoms with van der Waals surface area (Å²) in [5, 5.41) is 12.6. The van der Waals surface area contributed by atoms with Gasteiger partial charge in [0.2, 0.25) is 0 Å². The Bertz CT molecular complexity index is 1330. The number of sulfonamides is 1. The maximum absolute atomic E-state index is 13.1. The zero-order chi connectivity index (χ0) is 25.2. The van der Waals surface area contributed by atoms with E-state index in [-0.39, 0.29) is 4.90 Å². The average Bonchev–Trinajstić information content (AvgIpc) is 2.75. The molecule has 0 amide bonds. The zero-order valence-electron chi connectivity index (χ0n) is 19.9. The Morgan fingerprint density at radius 1 is 0.941 bits per heavy atom. The van der Waals surface area contributed by atoms with Crippen molar-refractivity contribution in [1.29, 1.82) is 0 Å². The fraction of sp³-hybridized carbons (Fsp3) is 0.269. The average molecular weight is 501 g/mol. The van der Waals surface area contributed by atoms with E-state index in [4.69, 9.17) is 16.7 Å². The fourth-order valence-electron chi connectivity index (χ4n) is 3.80. The van der Waals surface area contributed by atoms with Crippen LogP contribution in [-0.4, -0.2) is 25.5 Å². The summed E-state index contributed by atoms with van der Waals surface area (Å²) in [7, 11) is -3.79. The van der Waals surface area contributed by atoms with Crippen LogP contribution >= 0.6 is 11.6 Å². The molecule has 8 heteroatoms. The summed E-state index contributed by atoms with van der Waals surface area (Å²) >= 11 is 6.13. The van der Waals surface area contributed by atoms with Gasteiger partial charge in [0.05, 0.1) is 4.90 Å². The van der Waals surface area contributed by atoms with Crippen molar-refractivity contribution in [3.8, 4) is 11.1 Å². The van der Waals surface area contributed by atoms with Crippen LogP contribution in [0, 0.1) is 27.7 Å². The van der Waals surface area contributed by atoms with Gasteiger partial charge in [-0.15, -0.1) is 0 Å². The van der Waals surface area contributed by atoms with Crippen molar-refractivity contribution in [3.05, 3.63) is 81.4 Å².